The number of aryl methyl sites for hydroxylation is 2. The molecule has 92 valence electrons. The number of carbonyl (C=O) groups is 1. The van der Waals surface area contributed by atoms with E-state index in [0.717, 1.165) is 44.3 Å². The standard InChI is InChI=1S/C15H21NO/c1-3-12-7-8-13(4-2)14(11-12)15(17)16-9-5-6-10-16/h7-8,11H,3-6,9-10H2,1-2H3. The largest absolute Gasteiger partial charge is 0.339 e. The molecule has 0 atom stereocenters. The zero-order valence-corrected chi connectivity index (χ0v) is 10.8. The molecule has 17 heavy (non-hydrogen) atoms. The van der Waals surface area contributed by atoms with Gasteiger partial charge in [-0.2, -0.15) is 0 Å². The van der Waals surface area contributed by atoms with Gasteiger partial charge in [0.05, 0.1) is 0 Å². The van der Waals surface area contributed by atoms with Crippen LogP contribution in [0.15, 0.2) is 18.2 Å². The van der Waals surface area contributed by atoms with Crippen LogP contribution in [-0.2, 0) is 12.8 Å². The molecule has 0 spiro atoms. The number of rotatable bonds is 3. The Morgan fingerprint density at radius 1 is 1.18 bits per heavy atom. The molecular weight excluding hydrogens is 210 g/mol. The predicted molar refractivity (Wildman–Crippen MR) is 70.3 cm³/mol. The molecule has 2 heteroatoms. The Kier molecular flexibility index (Phi) is 3.82. The van der Waals surface area contributed by atoms with Gasteiger partial charge in [-0.3, -0.25) is 4.79 Å². The van der Waals surface area contributed by atoms with Crippen molar-refractivity contribution < 1.29 is 4.79 Å². The molecule has 1 heterocycles. The zero-order valence-electron chi connectivity index (χ0n) is 10.8. The summed E-state index contributed by atoms with van der Waals surface area (Å²) in [7, 11) is 0. The number of hydrogen-bond acceptors (Lipinski definition) is 1. The van der Waals surface area contributed by atoms with Gasteiger partial charge < -0.3 is 4.90 Å². The average molecular weight is 231 g/mol. The lowest BCUT2D eigenvalue weighted by molar-refractivity contribution is 0.0791. The summed E-state index contributed by atoms with van der Waals surface area (Å²) in [5.74, 6) is 0.231. The summed E-state index contributed by atoms with van der Waals surface area (Å²) in [6.45, 7) is 6.10. The highest BCUT2D eigenvalue weighted by Crippen LogP contribution is 2.18. The number of amides is 1. The highest BCUT2D eigenvalue weighted by molar-refractivity contribution is 5.96. The van der Waals surface area contributed by atoms with E-state index in [1.165, 1.54) is 11.1 Å². The van der Waals surface area contributed by atoms with E-state index in [4.69, 9.17) is 0 Å². The number of carbonyl (C=O) groups excluding carboxylic acids is 1. The average Bonchev–Trinajstić information content (AvgIpc) is 2.91. The Labute approximate surface area is 104 Å². The van der Waals surface area contributed by atoms with Crippen LogP contribution < -0.4 is 0 Å². The van der Waals surface area contributed by atoms with Crippen molar-refractivity contribution in [2.45, 2.75) is 39.5 Å². The highest BCUT2D eigenvalue weighted by Gasteiger charge is 2.21. The maximum atomic E-state index is 12.4. The predicted octanol–water partition coefficient (Wildman–Crippen LogP) is 3.05. The molecular formula is C15H21NO. The second-order valence-electron chi connectivity index (χ2n) is 4.70. The van der Waals surface area contributed by atoms with E-state index in [1.807, 2.05) is 4.90 Å². The van der Waals surface area contributed by atoms with E-state index in [0.29, 0.717) is 0 Å². The number of likely N-dealkylation sites (tertiary alicyclic amines) is 1. The van der Waals surface area contributed by atoms with Crippen LogP contribution in [0.4, 0.5) is 0 Å². The lowest BCUT2D eigenvalue weighted by Crippen LogP contribution is -2.28. The van der Waals surface area contributed by atoms with Crippen LogP contribution in [0.1, 0.15) is 48.2 Å². The van der Waals surface area contributed by atoms with Crippen LogP contribution in [0.5, 0.6) is 0 Å². The minimum atomic E-state index is 0.231. The normalized spacial score (nSPS) is 15.3. The van der Waals surface area contributed by atoms with Crippen molar-refractivity contribution >= 4 is 5.91 Å². The van der Waals surface area contributed by atoms with E-state index in [2.05, 4.69) is 32.0 Å². The Morgan fingerprint density at radius 2 is 1.88 bits per heavy atom. The first-order valence-electron chi connectivity index (χ1n) is 6.67. The molecule has 0 aromatic heterocycles. The van der Waals surface area contributed by atoms with Crippen molar-refractivity contribution in [3.8, 4) is 0 Å². The van der Waals surface area contributed by atoms with Crippen molar-refractivity contribution in [1.29, 1.82) is 0 Å². The molecule has 0 N–H and O–H groups in total. The van der Waals surface area contributed by atoms with E-state index in [1.54, 1.807) is 0 Å². The summed E-state index contributed by atoms with van der Waals surface area (Å²) >= 11 is 0. The van der Waals surface area contributed by atoms with Gasteiger partial charge in [0.2, 0.25) is 0 Å². The summed E-state index contributed by atoms with van der Waals surface area (Å²) < 4.78 is 0. The van der Waals surface area contributed by atoms with Crippen LogP contribution >= 0.6 is 0 Å². The minimum Gasteiger partial charge on any atom is -0.339 e. The highest BCUT2D eigenvalue weighted by atomic mass is 16.2. The molecule has 1 amide bonds. The Balaban J connectivity index is 2.30. The number of benzene rings is 1. The first kappa shape index (κ1) is 12.2. The number of nitrogens with zero attached hydrogens (tertiary/aromatic N) is 1. The first-order chi connectivity index (χ1) is 8.26. The third kappa shape index (κ3) is 2.51. The minimum absolute atomic E-state index is 0.231. The fraction of sp³-hybridized carbons (Fsp3) is 0.533. The summed E-state index contributed by atoms with van der Waals surface area (Å²) in [6, 6.07) is 6.33. The van der Waals surface area contributed by atoms with Crippen molar-refractivity contribution in [2.75, 3.05) is 13.1 Å². The topological polar surface area (TPSA) is 20.3 Å². The Bertz CT molecular complexity index is 405. The fourth-order valence-electron chi connectivity index (χ4n) is 2.44. The van der Waals surface area contributed by atoms with Crippen LogP contribution in [0, 0.1) is 0 Å². The van der Waals surface area contributed by atoms with Crippen LogP contribution in [-0.4, -0.2) is 23.9 Å². The van der Waals surface area contributed by atoms with Gasteiger partial charge in [-0.15, -0.1) is 0 Å². The maximum absolute atomic E-state index is 12.4. The molecule has 1 saturated heterocycles. The van der Waals surface area contributed by atoms with Gasteiger partial charge in [0.15, 0.2) is 0 Å². The molecule has 0 radical (unpaired) electrons. The van der Waals surface area contributed by atoms with E-state index < -0.39 is 0 Å². The van der Waals surface area contributed by atoms with Gasteiger partial charge in [-0.25, -0.2) is 0 Å². The summed E-state index contributed by atoms with van der Waals surface area (Å²) in [6.07, 6.45) is 4.23. The second kappa shape index (κ2) is 5.35. The smallest absolute Gasteiger partial charge is 0.254 e. The fourth-order valence-corrected chi connectivity index (χ4v) is 2.44. The summed E-state index contributed by atoms with van der Waals surface area (Å²) in [5.41, 5.74) is 3.36. The lowest BCUT2D eigenvalue weighted by atomic mass is 10.00. The Morgan fingerprint density at radius 3 is 2.47 bits per heavy atom. The third-order valence-corrected chi connectivity index (χ3v) is 3.59. The van der Waals surface area contributed by atoms with Gasteiger partial charge >= 0.3 is 0 Å². The van der Waals surface area contributed by atoms with Gasteiger partial charge in [0, 0.05) is 18.7 Å². The SMILES string of the molecule is CCc1ccc(CC)c(C(=O)N2CCCC2)c1. The van der Waals surface area contributed by atoms with Crippen LogP contribution in [0.2, 0.25) is 0 Å². The van der Waals surface area contributed by atoms with E-state index >= 15 is 0 Å². The van der Waals surface area contributed by atoms with E-state index in [-0.39, 0.29) is 5.91 Å². The molecule has 0 bridgehead atoms. The third-order valence-electron chi connectivity index (χ3n) is 3.59. The van der Waals surface area contributed by atoms with Crippen molar-refractivity contribution in [2.24, 2.45) is 0 Å². The van der Waals surface area contributed by atoms with Crippen molar-refractivity contribution in [3.05, 3.63) is 34.9 Å². The monoisotopic (exact) mass is 231 g/mol. The zero-order chi connectivity index (χ0) is 12.3. The van der Waals surface area contributed by atoms with Gasteiger partial charge in [-0.05, 0) is 42.9 Å². The molecule has 0 saturated carbocycles. The molecule has 1 aromatic carbocycles. The summed E-state index contributed by atoms with van der Waals surface area (Å²) in [4.78, 5) is 14.4. The summed E-state index contributed by atoms with van der Waals surface area (Å²) in [5, 5.41) is 0. The quantitative estimate of drug-likeness (QED) is 0.783. The molecule has 1 aliphatic heterocycles. The molecule has 2 nitrogen and oxygen atoms in total. The van der Waals surface area contributed by atoms with E-state index in [9.17, 15) is 4.79 Å². The lowest BCUT2D eigenvalue weighted by Gasteiger charge is -2.18. The van der Waals surface area contributed by atoms with Crippen LogP contribution in [0.3, 0.4) is 0 Å². The second-order valence-corrected chi connectivity index (χ2v) is 4.70. The maximum Gasteiger partial charge on any atom is 0.254 e. The van der Waals surface area contributed by atoms with Crippen molar-refractivity contribution in [1.82, 2.24) is 4.90 Å². The van der Waals surface area contributed by atoms with Gasteiger partial charge in [-0.1, -0.05) is 26.0 Å². The Hall–Kier alpha value is -1.31. The molecule has 1 aliphatic rings. The molecule has 2 rings (SSSR count). The first-order valence-corrected chi connectivity index (χ1v) is 6.67. The van der Waals surface area contributed by atoms with Gasteiger partial charge in [0.25, 0.3) is 5.91 Å². The van der Waals surface area contributed by atoms with Gasteiger partial charge in [0.1, 0.15) is 0 Å². The van der Waals surface area contributed by atoms with Crippen molar-refractivity contribution in [3.63, 3.8) is 0 Å². The van der Waals surface area contributed by atoms with Crippen LogP contribution in [0.25, 0.3) is 0 Å². The number of hydrogen-bond donors (Lipinski definition) is 0. The molecule has 1 fully saturated rings. The molecule has 0 unspecified atom stereocenters. The molecule has 1 aromatic rings. The molecule has 0 aliphatic carbocycles.